The van der Waals surface area contributed by atoms with Gasteiger partial charge in [-0.3, -0.25) is 0 Å². The smallest absolute Gasteiger partial charge is 0.337 e. The van der Waals surface area contributed by atoms with Crippen LogP contribution in [0.25, 0.3) is 0 Å². The number of carboxylic acid groups (broad SMARTS) is 1. The molecule has 0 saturated carbocycles. The number of sulfonamides is 1. The van der Waals surface area contributed by atoms with Crippen LogP contribution < -0.4 is 4.72 Å². The molecule has 0 radical (unpaired) electrons. The standard InChI is InChI=1S/C12H16ClNO5S/c1-3-19-8(2)7-14-20(17,18)9-4-5-10(12(15)16)11(13)6-9/h4-6,8,14H,3,7H2,1-2H3,(H,15,16). The summed E-state index contributed by atoms with van der Waals surface area (Å²) < 4.78 is 31.6. The Labute approximate surface area is 122 Å². The maximum Gasteiger partial charge on any atom is 0.337 e. The topological polar surface area (TPSA) is 92.7 Å². The minimum atomic E-state index is -3.75. The molecule has 8 heteroatoms. The molecule has 0 aliphatic carbocycles. The average Bonchev–Trinajstić information content (AvgIpc) is 2.36. The number of carboxylic acids is 1. The van der Waals surface area contributed by atoms with E-state index in [1.807, 2.05) is 6.92 Å². The fourth-order valence-electron chi connectivity index (χ4n) is 1.49. The molecule has 1 unspecified atom stereocenters. The van der Waals surface area contributed by atoms with Crippen LogP contribution in [0.2, 0.25) is 5.02 Å². The molecule has 0 amide bonds. The van der Waals surface area contributed by atoms with E-state index < -0.39 is 16.0 Å². The number of carbonyl (C=O) groups is 1. The van der Waals surface area contributed by atoms with E-state index in [1.54, 1.807) is 6.92 Å². The zero-order valence-corrected chi connectivity index (χ0v) is 12.7. The van der Waals surface area contributed by atoms with Crippen LogP contribution in [0.5, 0.6) is 0 Å². The van der Waals surface area contributed by atoms with Crippen LogP contribution in [0.4, 0.5) is 0 Å². The highest BCUT2D eigenvalue weighted by Crippen LogP contribution is 2.20. The van der Waals surface area contributed by atoms with Gasteiger partial charge in [-0.2, -0.15) is 0 Å². The summed E-state index contributed by atoms with van der Waals surface area (Å²) in [4.78, 5) is 10.7. The van der Waals surface area contributed by atoms with Crippen molar-refractivity contribution < 1.29 is 23.1 Å². The molecule has 0 aromatic heterocycles. The maximum atomic E-state index is 12.0. The third-order valence-electron chi connectivity index (χ3n) is 2.49. The van der Waals surface area contributed by atoms with Crippen molar-refractivity contribution in [2.75, 3.05) is 13.2 Å². The largest absolute Gasteiger partial charge is 0.478 e. The Hall–Kier alpha value is -1.15. The normalized spacial score (nSPS) is 13.2. The zero-order chi connectivity index (χ0) is 15.3. The lowest BCUT2D eigenvalue weighted by Gasteiger charge is -2.13. The van der Waals surface area contributed by atoms with Crippen molar-refractivity contribution in [3.05, 3.63) is 28.8 Å². The minimum absolute atomic E-state index is 0.0869. The summed E-state index contributed by atoms with van der Waals surface area (Å²) in [5.41, 5.74) is -0.145. The molecule has 20 heavy (non-hydrogen) atoms. The van der Waals surface area contributed by atoms with Crippen LogP contribution in [0.1, 0.15) is 24.2 Å². The molecule has 112 valence electrons. The van der Waals surface area contributed by atoms with Gasteiger partial charge in [0.2, 0.25) is 10.0 Å². The number of benzene rings is 1. The second-order valence-corrected chi connectivity index (χ2v) is 6.24. The molecule has 0 aliphatic heterocycles. The van der Waals surface area contributed by atoms with Gasteiger partial charge in [0.25, 0.3) is 0 Å². The summed E-state index contributed by atoms with van der Waals surface area (Å²) in [6.45, 7) is 4.17. The molecule has 0 bridgehead atoms. The summed E-state index contributed by atoms with van der Waals surface area (Å²) >= 11 is 5.75. The number of hydrogen-bond donors (Lipinski definition) is 2. The number of aromatic carboxylic acids is 1. The first-order valence-corrected chi connectivity index (χ1v) is 7.78. The lowest BCUT2D eigenvalue weighted by atomic mass is 10.2. The molecular weight excluding hydrogens is 306 g/mol. The number of nitrogens with one attached hydrogen (secondary N) is 1. The van der Waals surface area contributed by atoms with Gasteiger partial charge in [0.1, 0.15) is 0 Å². The summed E-state index contributed by atoms with van der Waals surface area (Å²) in [6.07, 6.45) is -0.261. The summed E-state index contributed by atoms with van der Waals surface area (Å²) in [6, 6.07) is 3.47. The van der Waals surface area contributed by atoms with E-state index in [0.717, 1.165) is 12.1 Å². The highest BCUT2D eigenvalue weighted by molar-refractivity contribution is 7.89. The van der Waals surface area contributed by atoms with Crippen LogP contribution in [0, 0.1) is 0 Å². The Morgan fingerprint density at radius 2 is 2.15 bits per heavy atom. The van der Waals surface area contributed by atoms with Crippen LogP contribution in [-0.2, 0) is 14.8 Å². The molecule has 0 heterocycles. The number of hydrogen-bond acceptors (Lipinski definition) is 4. The van der Waals surface area contributed by atoms with Crippen LogP contribution in [0.15, 0.2) is 23.1 Å². The Bertz CT molecular complexity index is 588. The summed E-state index contributed by atoms with van der Waals surface area (Å²) in [5.74, 6) is -1.21. The van der Waals surface area contributed by atoms with Crippen molar-refractivity contribution in [3.63, 3.8) is 0 Å². The van der Waals surface area contributed by atoms with Crippen molar-refractivity contribution in [1.29, 1.82) is 0 Å². The van der Waals surface area contributed by atoms with Gasteiger partial charge in [-0.15, -0.1) is 0 Å². The predicted octanol–water partition coefficient (Wildman–Crippen LogP) is 1.74. The zero-order valence-electron chi connectivity index (χ0n) is 11.1. The molecule has 1 rings (SSSR count). The number of rotatable bonds is 7. The van der Waals surface area contributed by atoms with E-state index in [4.69, 9.17) is 21.4 Å². The molecule has 0 spiro atoms. The van der Waals surface area contributed by atoms with Gasteiger partial charge < -0.3 is 9.84 Å². The fourth-order valence-corrected chi connectivity index (χ4v) is 2.96. The number of halogens is 1. The van der Waals surface area contributed by atoms with E-state index in [-0.39, 0.29) is 28.1 Å². The van der Waals surface area contributed by atoms with Crippen molar-refractivity contribution in [2.45, 2.75) is 24.8 Å². The van der Waals surface area contributed by atoms with Crippen LogP contribution in [0.3, 0.4) is 0 Å². The van der Waals surface area contributed by atoms with Gasteiger partial charge in [-0.25, -0.2) is 17.9 Å². The van der Waals surface area contributed by atoms with Gasteiger partial charge in [0, 0.05) is 13.2 Å². The monoisotopic (exact) mass is 321 g/mol. The highest BCUT2D eigenvalue weighted by atomic mass is 35.5. The van der Waals surface area contributed by atoms with Crippen LogP contribution >= 0.6 is 11.6 Å². The lowest BCUT2D eigenvalue weighted by Crippen LogP contribution is -2.32. The van der Waals surface area contributed by atoms with Gasteiger partial charge >= 0.3 is 5.97 Å². The van der Waals surface area contributed by atoms with Gasteiger partial charge in [0.05, 0.1) is 21.6 Å². The van der Waals surface area contributed by atoms with Gasteiger partial charge in [0.15, 0.2) is 0 Å². The van der Waals surface area contributed by atoms with Crippen molar-refractivity contribution in [2.24, 2.45) is 0 Å². The first kappa shape index (κ1) is 16.9. The minimum Gasteiger partial charge on any atom is -0.478 e. The second-order valence-electron chi connectivity index (χ2n) is 4.06. The molecule has 0 fully saturated rings. The van der Waals surface area contributed by atoms with E-state index in [1.165, 1.54) is 6.07 Å². The van der Waals surface area contributed by atoms with Crippen molar-refractivity contribution in [3.8, 4) is 0 Å². The molecular formula is C12H16ClNO5S. The average molecular weight is 322 g/mol. The SMILES string of the molecule is CCOC(C)CNS(=O)(=O)c1ccc(C(=O)O)c(Cl)c1. The summed E-state index contributed by atoms with van der Waals surface area (Å²) in [7, 11) is -3.75. The Morgan fingerprint density at radius 1 is 1.50 bits per heavy atom. The molecule has 1 aromatic rings. The van der Waals surface area contributed by atoms with Crippen molar-refractivity contribution in [1.82, 2.24) is 4.72 Å². The summed E-state index contributed by atoms with van der Waals surface area (Å²) in [5, 5.41) is 8.70. The van der Waals surface area contributed by atoms with E-state index >= 15 is 0 Å². The first-order chi connectivity index (χ1) is 9.27. The maximum absolute atomic E-state index is 12.0. The van der Waals surface area contributed by atoms with Gasteiger partial charge in [-0.1, -0.05) is 11.6 Å². The third-order valence-corrected chi connectivity index (χ3v) is 4.23. The molecule has 0 aliphatic rings. The van der Waals surface area contributed by atoms with E-state index in [2.05, 4.69) is 4.72 Å². The lowest BCUT2D eigenvalue weighted by molar-refractivity contribution is 0.0697. The van der Waals surface area contributed by atoms with E-state index in [0.29, 0.717) is 6.61 Å². The van der Waals surface area contributed by atoms with Gasteiger partial charge in [-0.05, 0) is 32.0 Å². The quantitative estimate of drug-likeness (QED) is 0.798. The molecule has 1 atom stereocenters. The fraction of sp³-hybridized carbons (Fsp3) is 0.417. The second kappa shape index (κ2) is 7.03. The molecule has 6 nitrogen and oxygen atoms in total. The molecule has 2 N–H and O–H groups in total. The molecule has 0 saturated heterocycles. The number of ether oxygens (including phenoxy) is 1. The van der Waals surface area contributed by atoms with Crippen LogP contribution in [-0.4, -0.2) is 38.7 Å². The first-order valence-electron chi connectivity index (χ1n) is 5.92. The highest BCUT2D eigenvalue weighted by Gasteiger charge is 2.18. The van der Waals surface area contributed by atoms with Crippen molar-refractivity contribution >= 4 is 27.6 Å². The third kappa shape index (κ3) is 4.45. The van der Waals surface area contributed by atoms with E-state index in [9.17, 15) is 13.2 Å². The molecule has 1 aromatic carbocycles. The Balaban J connectivity index is 2.88. The Morgan fingerprint density at radius 3 is 2.65 bits per heavy atom. The Kier molecular flexibility index (Phi) is 5.94. The predicted molar refractivity (Wildman–Crippen MR) is 74.7 cm³/mol.